The quantitative estimate of drug-likeness (QED) is 0.211. The topological polar surface area (TPSA) is 58.1 Å². The summed E-state index contributed by atoms with van der Waals surface area (Å²) >= 11 is 0. The number of ether oxygens (including phenoxy) is 2. The fourth-order valence-corrected chi connectivity index (χ4v) is 4.07. The van der Waals surface area contributed by atoms with E-state index in [0.717, 1.165) is 78.0 Å². The normalized spacial score (nSPS) is 20.7. The lowest BCUT2D eigenvalue weighted by molar-refractivity contribution is -0.0333. The van der Waals surface area contributed by atoms with Gasteiger partial charge in [-0.25, -0.2) is 0 Å². The first kappa shape index (κ1) is 24.9. The van der Waals surface area contributed by atoms with Crippen LogP contribution < -0.4 is 10.6 Å². The predicted molar refractivity (Wildman–Crippen MR) is 123 cm³/mol. The van der Waals surface area contributed by atoms with Gasteiger partial charge in [-0.2, -0.15) is 0 Å². The third-order valence-electron chi connectivity index (χ3n) is 5.55. The lowest BCUT2D eigenvalue weighted by Gasteiger charge is -2.47. The molecule has 1 aliphatic carbocycles. The zero-order chi connectivity index (χ0) is 18.5. The van der Waals surface area contributed by atoms with E-state index in [1.165, 1.54) is 32.1 Å². The summed E-state index contributed by atoms with van der Waals surface area (Å²) < 4.78 is 11.0. The molecule has 6 nitrogen and oxygen atoms in total. The highest BCUT2D eigenvalue weighted by Crippen LogP contribution is 2.34. The van der Waals surface area contributed by atoms with Crippen molar-refractivity contribution < 1.29 is 9.47 Å². The van der Waals surface area contributed by atoms with Crippen LogP contribution in [0.4, 0.5) is 0 Å². The maximum atomic E-state index is 5.58. The Morgan fingerprint density at radius 1 is 1.07 bits per heavy atom. The van der Waals surface area contributed by atoms with Crippen LogP contribution in [0, 0.1) is 0 Å². The largest absolute Gasteiger partial charge is 0.382 e. The Balaban J connectivity index is 0.00000364. The molecule has 0 aromatic heterocycles. The molecule has 27 heavy (non-hydrogen) atoms. The summed E-state index contributed by atoms with van der Waals surface area (Å²) in [4.78, 5) is 7.66. The first-order chi connectivity index (χ1) is 12.8. The maximum Gasteiger partial charge on any atom is 0.191 e. The SMILES string of the molecule is CCNC(=NCC1(N2CCOCC2)CCCCC1)NCCCCOCC.I. The van der Waals surface area contributed by atoms with Crippen molar-refractivity contribution in [3.8, 4) is 0 Å². The van der Waals surface area contributed by atoms with Crippen molar-refractivity contribution in [2.45, 2.75) is 64.3 Å². The molecule has 0 spiro atoms. The van der Waals surface area contributed by atoms with Crippen LogP contribution >= 0.6 is 24.0 Å². The molecule has 2 N–H and O–H groups in total. The lowest BCUT2D eigenvalue weighted by Crippen LogP contribution is -2.56. The number of guanidine groups is 1. The smallest absolute Gasteiger partial charge is 0.191 e. The highest BCUT2D eigenvalue weighted by atomic mass is 127. The number of aliphatic imine (C=N–C) groups is 1. The number of hydrogen-bond acceptors (Lipinski definition) is 4. The average Bonchev–Trinajstić information content (AvgIpc) is 2.70. The summed E-state index contributed by atoms with van der Waals surface area (Å²) in [5.74, 6) is 0.960. The molecule has 0 unspecified atom stereocenters. The van der Waals surface area contributed by atoms with Crippen molar-refractivity contribution in [1.82, 2.24) is 15.5 Å². The molecule has 1 aliphatic heterocycles. The predicted octanol–water partition coefficient (Wildman–Crippen LogP) is 3.01. The molecule has 2 fully saturated rings. The fraction of sp³-hybridized carbons (Fsp3) is 0.950. The van der Waals surface area contributed by atoms with E-state index in [1.54, 1.807) is 0 Å². The summed E-state index contributed by atoms with van der Waals surface area (Å²) in [5, 5.41) is 6.91. The van der Waals surface area contributed by atoms with Crippen LogP contribution in [0.3, 0.4) is 0 Å². The van der Waals surface area contributed by atoms with Crippen LogP contribution in [0.1, 0.15) is 58.8 Å². The summed E-state index contributed by atoms with van der Waals surface area (Å²) in [6, 6.07) is 0. The van der Waals surface area contributed by atoms with Crippen LogP contribution in [-0.4, -0.2) is 75.5 Å². The molecule has 0 radical (unpaired) electrons. The fourth-order valence-electron chi connectivity index (χ4n) is 4.07. The second kappa shape index (κ2) is 14.8. The molecule has 7 heteroatoms. The van der Waals surface area contributed by atoms with Gasteiger partial charge in [0.25, 0.3) is 0 Å². The van der Waals surface area contributed by atoms with Crippen LogP contribution in [-0.2, 0) is 9.47 Å². The Hall–Kier alpha value is -0.120. The van der Waals surface area contributed by atoms with Crippen molar-refractivity contribution in [2.75, 3.05) is 59.2 Å². The second-order valence-corrected chi connectivity index (χ2v) is 7.41. The van der Waals surface area contributed by atoms with Crippen LogP contribution in [0.15, 0.2) is 4.99 Å². The van der Waals surface area contributed by atoms with Gasteiger partial charge in [-0.05, 0) is 39.5 Å². The second-order valence-electron chi connectivity index (χ2n) is 7.41. The number of nitrogens with zero attached hydrogens (tertiary/aromatic N) is 2. The van der Waals surface area contributed by atoms with Crippen molar-refractivity contribution >= 4 is 29.9 Å². The lowest BCUT2D eigenvalue weighted by atomic mass is 9.80. The Kier molecular flexibility index (Phi) is 13.7. The van der Waals surface area contributed by atoms with Gasteiger partial charge in [0.2, 0.25) is 0 Å². The van der Waals surface area contributed by atoms with E-state index in [9.17, 15) is 0 Å². The molecule has 2 rings (SSSR count). The first-order valence-corrected chi connectivity index (χ1v) is 10.7. The van der Waals surface area contributed by atoms with Crippen molar-refractivity contribution in [3.05, 3.63) is 0 Å². The Bertz CT molecular complexity index is 397. The molecule has 1 heterocycles. The molecule has 1 saturated carbocycles. The minimum atomic E-state index is 0. The molecule has 160 valence electrons. The Morgan fingerprint density at radius 3 is 2.48 bits per heavy atom. The van der Waals surface area contributed by atoms with Crippen molar-refractivity contribution in [3.63, 3.8) is 0 Å². The van der Waals surface area contributed by atoms with Crippen LogP contribution in [0.2, 0.25) is 0 Å². The summed E-state index contributed by atoms with van der Waals surface area (Å²) in [6.07, 6.45) is 8.77. The number of hydrogen-bond donors (Lipinski definition) is 2. The monoisotopic (exact) mass is 496 g/mol. The van der Waals surface area contributed by atoms with Crippen LogP contribution in [0.5, 0.6) is 0 Å². The third-order valence-corrected chi connectivity index (χ3v) is 5.55. The van der Waals surface area contributed by atoms with Gasteiger partial charge >= 0.3 is 0 Å². The Morgan fingerprint density at radius 2 is 1.81 bits per heavy atom. The van der Waals surface area contributed by atoms with Crippen LogP contribution in [0.25, 0.3) is 0 Å². The first-order valence-electron chi connectivity index (χ1n) is 10.7. The zero-order valence-corrected chi connectivity index (χ0v) is 19.8. The van der Waals surface area contributed by atoms with E-state index < -0.39 is 0 Å². The van der Waals surface area contributed by atoms with E-state index >= 15 is 0 Å². The number of nitrogens with one attached hydrogen (secondary N) is 2. The van der Waals surface area contributed by atoms with Gasteiger partial charge in [0.1, 0.15) is 0 Å². The molecule has 0 aromatic rings. The zero-order valence-electron chi connectivity index (χ0n) is 17.4. The highest BCUT2D eigenvalue weighted by molar-refractivity contribution is 14.0. The van der Waals surface area contributed by atoms with Gasteiger partial charge in [0, 0.05) is 44.9 Å². The van der Waals surface area contributed by atoms with Gasteiger partial charge < -0.3 is 20.1 Å². The summed E-state index contributed by atoms with van der Waals surface area (Å²) in [7, 11) is 0. The van der Waals surface area contributed by atoms with Gasteiger partial charge in [-0.15, -0.1) is 24.0 Å². The van der Waals surface area contributed by atoms with Crippen molar-refractivity contribution in [2.24, 2.45) is 4.99 Å². The number of rotatable bonds is 10. The van der Waals surface area contributed by atoms with Gasteiger partial charge in [0.05, 0.1) is 19.8 Å². The average molecular weight is 496 g/mol. The third kappa shape index (κ3) is 8.83. The van der Waals surface area contributed by atoms with E-state index in [2.05, 4.69) is 22.5 Å². The standard InChI is InChI=1S/C20H40N4O2.HI/c1-3-21-19(22-12-8-9-15-25-4-2)23-18-20(10-6-5-7-11-20)24-13-16-26-17-14-24;/h3-18H2,1-2H3,(H2,21,22,23);1H. The van der Waals surface area contributed by atoms with Gasteiger partial charge in [0.15, 0.2) is 5.96 Å². The van der Waals surface area contributed by atoms with Crippen molar-refractivity contribution in [1.29, 1.82) is 0 Å². The molecule has 0 aromatic carbocycles. The summed E-state index contributed by atoms with van der Waals surface area (Å²) in [5.41, 5.74) is 0.235. The number of morpholine rings is 1. The maximum absolute atomic E-state index is 5.58. The molecule has 0 amide bonds. The summed E-state index contributed by atoms with van der Waals surface area (Å²) in [6.45, 7) is 12.4. The number of unbranched alkanes of at least 4 members (excludes halogenated alkanes) is 1. The highest BCUT2D eigenvalue weighted by Gasteiger charge is 2.38. The molecule has 0 atom stereocenters. The van der Waals surface area contributed by atoms with Gasteiger partial charge in [-0.1, -0.05) is 19.3 Å². The number of halogens is 1. The minimum Gasteiger partial charge on any atom is -0.382 e. The van der Waals surface area contributed by atoms with E-state index in [4.69, 9.17) is 14.5 Å². The van der Waals surface area contributed by atoms with E-state index in [-0.39, 0.29) is 29.5 Å². The molecular formula is C20H41IN4O2. The molecular weight excluding hydrogens is 455 g/mol. The molecule has 1 saturated heterocycles. The van der Waals surface area contributed by atoms with E-state index in [0.29, 0.717) is 0 Å². The molecule has 2 aliphatic rings. The Labute approximate surface area is 183 Å². The van der Waals surface area contributed by atoms with Gasteiger partial charge in [-0.3, -0.25) is 9.89 Å². The molecule has 0 bridgehead atoms. The minimum absolute atomic E-state index is 0. The van der Waals surface area contributed by atoms with E-state index in [1.807, 2.05) is 6.92 Å².